The van der Waals surface area contributed by atoms with Gasteiger partial charge in [0.1, 0.15) is 5.56 Å². The Morgan fingerprint density at radius 1 is 1.36 bits per heavy atom. The first kappa shape index (κ1) is 15.2. The fourth-order valence-electron chi connectivity index (χ4n) is 4.05. The predicted octanol–water partition coefficient (Wildman–Crippen LogP) is 3.34. The van der Waals surface area contributed by atoms with E-state index in [4.69, 9.17) is 5.11 Å². The first-order valence-corrected chi connectivity index (χ1v) is 6.66. The maximum absolute atomic E-state index is 13.0. The topological polar surface area (TPSA) is 55.1 Å². The van der Waals surface area contributed by atoms with E-state index in [1.54, 1.807) is 0 Å². The second-order valence-corrected chi connectivity index (χ2v) is 6.46. The summed E-state index contributed by atoms with van der Waals surface area (Å²) < 4.78 is 65.3. The van der Waals surface area contributed by atoms with Crippen LogP contribution in [0.2, 0.25) is 0 Å². The van der Waals surface area contributed by atoms with E-state index in [9.17, 15) is 26.7 Å². The molecule has 3 saturated carbocycles. The number of carboxylic acids is 1. The van der Waals surface area contributed by atoms with Crippen LogP contribution in [0.15, 0.2) is 0 Å². The number of halogens is 5. The molecular weight excluding hydrogens is 311 g/mol. The molecule has 3 fully saturated rings. The van der Waals surface area contributed by atoms with Gasteiger partial charge >= 0.3 is 12.1 Å². The van der Waals surface area contributed by atoms with Gasteiger partial charge in [0.05, 0.1) is 5.69 Å². The number of aromatic carboxylic acids is 1. The number of carbonyl (C=O) groups is 1. The molecule has 9 heteroatoms. The predicted molar refractivity (Wildman–Crippen MR) is 63.6 cm³/mol. The zero-order valence-corrected chi connectivity index (χ0v) is 11.5. The highest BCUT2D eigenvalue weighted by Gasteiger charge is 2.71. The average Bonchev–Trinajstić information content (AvgIpc) is 2.57. The monoisotopic (exact) mass is 324 g/mol. The number of alkyl halides is 5. The van der Waals surface area contributed by atoms with E-state index in [-0.39, 0.29) is 25.8 Å². The van der Waals surface area contributed by atoms with Crippen LogP contribution in [0.25, 0.3) is 0 Å². The molecule has 3 aliphatic rings. The van der Waals surface area contributed by atoms with E-state index in [0.717, 1.165) is 11.6 Å². The number of aryl methyl sites for hydroxylation is 1. The van der Waals surface area contributed by atoms with Gasteiger partial charge in [-0.15, -0.1) is 0 Å². The summed E-state index contributed by atoms with van der Waals surface area (Å²) in [5.41, 5.74) is -4.16. The number of rotatable bonds is 4. The molecule has 0 unspecified atom stereocenters. The SMILES string of the molecule is Cc1nn(CC23CC(C(F)F)(C2)C3)c(C(=O)O)c1C(F)(F)F. The van der Waals surface area contributed by atoms with Crippen molar-refractivity contribution in [3.8, 4) is 0 Å². The van der Waals surface area contributed by atoms with Gasteiger partial charge in [0.2, 0.25) is 6.43 Å². The first-order valence-electron chi connectivity index (χ1n) is 6.66. The van der Waals surface area contributed by atoms with Crippen molar-refractivity contribution in [2.75, 3.05) is 0 Å². The third kappa shape index (κ3) is 1.94. The van der Waals surface area contributed by atoms with Crippen LogP contribution in [0.5, 0.6) is 0 Å². The lowest BCUT2D eigenvalue weighted by Crippen LogP contribution is -2.66. The minimum atomic E-state index is -4.82. The molecule has 0 amide bonds. The number of hydrogen-bond donors (Lipinski definition) is 1. The largest absolute Gasteiger partial charge is 0.477 e. The van der Waals surface area contributed by atoms with Crippen LogP contribution in [0.4, 0.5) is 22.0 Å². The highest BCUT2D eigenvalue weighted by molar-refractivity contribution is 5.88. The molecule has 0 radical (unpaired) electrons. The summed E-state index contributed by atoms with van der Waals surface area (Å²) in [6.07, 6.45) is -6.65. The standard InChI is InChI=1S/C13H13F5N2O2/c1-6-7(13(16,17)18)8(9(21)22)20(19-6)5-11-2-12(3-11,4-11)10(14)15/h10H,2-5H2,1H3,(H,21,22). The fraction of sp³-hybridized carbons (Fsp3) is 0.692. The lowest BCUT2D eigenvalue weighted by Gasteiger charge is -2.70. The Morgan fingerprint density at radius 3 is 2.32 bits per heavy atom. The molecule has 3 aliphatic carbocycles. The van der Waals surface area contributed by atoms with E-state index in [2.05, 4.69) is 5.10 Å². The van der Waals surface area contributed by atoms with Crippen molar-refractivity contribution in [3.05, 3.63) is 17.0 Å². The summed E-state index contributed by atoms with van der Waals surface area (Å²) in [6.45, 7) is 1.02. The van der Waals surface area contributed by atoms with E-state index >= 15 is 0 Å². The fourth-order valence-corrected chi connectivity index (χ4v) is 4.05. The van der Waals surface area contributed by atoms with Crippen molar-refractivity contribution >= 4 is 5.97 Å². The van der Waals surface area contributed by atoms with Crippen LogP contribution in [0.1, 0.15) is 41.0 Å². The molecule has 1 heterocycles. The number of hydrogen-bond acceptors (Lipinski definition) is 2. The molecule has 1 aromatic heterocycles. The zero-order valence-electron chi connectivity index (χ0n) is 11.5. The maximum atomic E-state index is 13.0. The van der Waals surface area contributed by atoms with Crippen molar-refractivity contribution in [2.24, 2.45) is 10.8 Å². The molecule has 22 heavy (non-hydrogen) atoms. The summed E-state index contributed by atoms with van der Waals surface area (Å²) in [4.78, 5) is 11.2. The second kappa shape index (κ2) is 4.20. The number of carboxylic acid groups (broad SMARTS) is 1. The van der Waals surface area contributed by atoms with Crippen molar-refractivity contribution in [2.45, 2.75) is 45.3 Å². The van der Waals surface area contributed by atoms with Gasteiger partial charge < -0.3 is 5.11 Å². The second-order valence-electron chi connectivity index (χ2n) is 6.46. The van der Waals surface area contributed by atoms with Gasteiger partial charge in [-0.05, 0) is 31.6 Å². The zero-order chi connectivity index (χ0) is 16.5. The van der Waals surface area contributed by atoms with Crippen molar-refractivity contribution in [1.29, 1.82) is 0 Å². The van der Waals surface area contributed by atoms with E-state index in [1.807, 2.05) is 0 Å². The molecule has 0 spiro atoms. The first-order chi connectivity index (χ1) is 10.00. The van der Waals surface area contributed by atoms with Crippen LogP contribution >= 0.6 is 0 Å². The third-order valence-electron chi connectivity index (χ3n) is 4.74. The molecule has 0 saturated heterocycles. The van der Waals surface area contributed by atoms with Crippen molar-refractivity contribution in [1.82, 2.24) is 9.78 Å². The van der Waals surface area contributed by atoms with Gasteiger partial charge in [0.15, 0.2) is 5.69 Å². The third-order valence-corrected chi connectivity index (χ3v) is 4.74. The van der Waals surface area contributed by atoms with Crippen LogP contribution in [0, 0.1) is 17.8 Å². The summed E-state index contributed by atoms with van der Waals surface area (Å²) in [5, 5.41) is 12.8. The van der Waals surface area contributed by atoms with Gasteiger partial charge in [-0.25, -0.2) is 13.6 Å². The minimum Gasteiger partial charge on any atom is -0.477 e. The summed E-state index contributed by atoms with van der Waals surface area (Å²) >= 11 is 0. The maximum Gasteiger partial charge on any atom is 0.420 e. The number of nitrogens with zero attached hydrogens (tertiary/aromatic N) is 2. The highest BCUT2D eigenvalue weighted by atomic mass is 19.4. The molecule has 2 bridgehead atoms. The smallest absolute Gasteiger partial charge is 0.420 e. The highest BCUT2D eigenvalue weighted by Crippen LogP contribution is 2.76. The van der Waals surface area contributed by atoms with E-state index in [1.165, 1.54) is 0 Å². The van der Waals surface area contributed by atoms with E-state index in [0.29, 0.717) is 0 Å². The molecule has 4 nitrogen and oxygen atoms in total. The van der Waals surface area contributed by atoms with Crippen molar-refractivity contribution in [3.63, 3.8) is 0 Å². The van der Waals surface area contributed by atoms with Crippen LogP contribution < -0.4 is 0 Å². The Balaban J connectivity index is 1.89. The molecule has 1 aromatic rings. The lowest BCUT2D eigenvalue weighted by molar-refractivity contribution is -0.273. The Bertz CT molecular complexity index is 630. The lowest BCUT2D eigenvalue weighted by atomic mass is 9.35. The van der Waals surface area contributed by atoms with Gasteiger partial charge in [-0.1, -0.05) is 0 Å². The molecule has 0 aliphatic heterocycles. The Labute approximate surface area is 121 Å². The van der Waals surface area contributed by atoms with Gasteiger partial charge in [0.25, 0.3) is 0 Å². The van der Waals surface area contributed by atoms with E-state index < -0.39 is 46.4 Å². The normalized spacial score (nSPS) is 30.1. The van der Waals surface area contributed by atoms with Gasteiger partial charge in [-0.3, -0.25) is 4.68 Å². The summed E-state index contributed by atoms with van der Waals surface area (Å²) in [7, 11) is 0. The molecule has 0 aromatic carbocycles. The quantitative estimate of drug-likeness (QED) is 0.864. The minimum absolute atomic E-state index is 0.0694. The van der Waals surface area contributed by atoms with Gasteiger partial charge in [0, 0.05) is 12.0 Å². The molecule has 0 atom stereocenters. The van der Waals surface area contributed by atoms with Crippen LogP contribution in [-0.4, -0.2) is 27.3 Å². The van der Waals surface area contributed by atoms with Gasteiger partial charge in [-0.2, -0.15) is 18.3 Å². The Kier molecular flexibility index (Phi) is 2.91. The van der Waals surface area contributed by atoms with Crippen molar-refractivity contribution < 1.29 is 31.9 Å². The molecule has 122 valence electrons. The molecule has 4 rings (SSSR count). The molecule has 1 N–H and O–H groups in total. The summed E-state index contributed by atoms with van der Waals surface area (Å²) in [5.74, 6) is -1.72. The summed E-state index contributed by atoms with van der Waals surface area (Å²) in [6, 6.07) is 0. The molecular formula is C13H13F5N2O2. The Morgan fingerprint density at radius 2 is 1.91 bits per heavy atom. The van der Waals surface area contributed by atoms with Crippen LogP contribution in [0.3, 0.4) is 0 Å². The number of aromatic nitrogens is 2. The van der Waals surface area contributed by atoms with Crippen LogP contribution in [-0.2, 0) is 12.7 Å². The Hall–Kier alpha value is -1.67. The average molecular weight is 324 g/mol.